The molecule has 86 valence electrons. The predicted molar refractivity (Wildman–Crippen MR) is 71.7 cm³/mol. The Kier molecular flexibility index (Phi) is 5.74. The Morgan fingerprint density at radius 3 is 2.00 bits per heavy atom. The van der Waals surface area contributed by atoms with Crippen molar-refractivity contribution in [3.8, 4) is 11.1 Å². The van der Waals surface area contributed by atoms with Crippen LogP contribution in [0.15, 0.2) is 60.7 Å². The van der Waals surface area contributed by atoms with Crippen LogP contribution in [-0.4, -0.2) is 32.2 Å². The third-order valence-corrected chi connectivity index (χ3v) is 2.43. The molecule has 0 aliphatic rings. The van der Waals surface area contributed by atoms with Crippen molar-refractivity contribution in [2.75, 3.05) is 0 Å². The number of aliphatic carboxylic acids is 1. The van der Waals surface area contributed by atoms with Gasteiger partial charge in [0.15, 0.2) is 0 Å². The van der Waals surface area contributed by atoms with Crippen LogP contribution in [0.1, 0.15) is 5.56 Å². The van der Waals surface area contributed by atoms with Gasteiger partial charge in [0.1, 0.15) is 0 Å². The SMILES string of the molecule is O=C([O-])/C=C/c1ccc(-c2ccccc2)cc1.[Bi+3]. The average molecular weight is 432 g/mol. The van der Waals surface area contributed by atoms with Crippen molar-refractivity contribution < 1.29 is 9.90 Å². The molecule has 2 rings (SSSR count). The van der Waals surface area contributed by atoms with Gasteiger partial charge >= 0.3 is 26.2 Å². The Labute approximate surface area is 125 Å². The molecule has 0 aliphatic heterocycles. The van der Waals surface area contributed by atoms with Crippen LogP contribution >= 0.6 is 0 Å². The molecule has 0 spiro atoms. The van der Waals surface area contributed by atoms with E-state index in [0.29, 0.717) is 0 Å². The molecule has 2 aromatic rings. The van der Waals surface area contributed by atoms with Gasteiger partial charge in [-0.1, -0.05) is 60.7 Å². The molecule has 0 bridgehead atoms. The number of rotatable bonds is 3. The van der Waals surface area contributed by atoms with E-state index in [2.05, 4.69) is 0 Å². The van der Waals surface area contributed by atoms with Crippen molar-refractivity contribution in [3.63, 3.8) is 0 Å². The van der Waals surface area contributed by atoms with E-state index < -0.39 is 5.97 Å². The van der Waals surface area contributed by atoms with E-state index in [1.54, 1.807) is 0 Å². The Hall–Kier alpha value is -1.47. The smallest absolute Gasteiger partial charge is 0.545 e. The number of carbonyl (C=O) groups is 1. The summed E-state index contributed by atoms with van der Waals surface area (Å²) in [6, 6.07) is 17.7. The van der Waals surface area contributed by atoms with Crippen LogP contribution < -0.4 is 5.11 Å². The second kappa shape index (κ2) is 7.08. The maximum atomic E-state index is 10.3. The van der Waals surface area contributed by atoms with Crippen molar-refractivity contribution in [1.29, 1.82) is 0 Å². The molecule has 0 unspecified atom stereocenters. The van der Waals surface area contributed by atoms with Crippen molar-refractivity contribution in [2.45, 2.75) is 0 Å². The molecule has 2 aromatic carbocycles. The summed E-state index contributed by atoms with van der Waals surface area (Å²) in [5.41, 5.74) is 3.09. The summed E-state index contributed by atoms with van der Waals surface area (Å²) in [5.74, 6) is -1.18. The van der Waals surface area contributed by atoms with Gasteiger partial charge in [-0.2, -0.15) is 0 Å². The second-order valence-electron chi connectivity index (χ2n) is 3.64. The van der Waals surface area contributed by atoms with E-state index in [1.807, 2.05) is 54.6 Å². The minimum absolute atomic E-state index is 0. The normalized spacial score (nSPS) is 10.0. The molecule has 0 saturated carbocycles. The molecule has 0 fully saturated rings. The average Bonchev–Trinajstić information content (AvgIpc) is 2.38. The number of hydrogen-bond donors (Lipinski definition) is 0. The molecular formula is C15H11BiO2+2. The standard InChI is InChI=1S/C15H12O2.Bi/c16-15(17)11-8-12-6-9-14(10-7-12)13-4-2-1-3-5-13;/h1-11H,(H,16,17);/q;+3/p-1/b11-8+;. The largest absolute Gasteiger partial charge is 3.00 e. The van der Waals surface area contributed by atoms with Gasteiger partial charge in [-0.05, 0) is 22.8 Å². The summed E-state index contributed by atoms with van der Waals surface area (Å²) in [4.78, 5) is 10.3. The first-order chi connectivity index (χ1) is 8.25. The number of hydrogen-bond acceptors (Lipinski definition) is 2. The van der Waals surface area contributed by atoms with Gasteiger partial charge in [0.25, 0.3) is 0 Å². The van der Waals surface area contributed by atoms with Gasteiger partial charge in [0.05, 0.1) is 5.97 Å². The first kappa shape index (κ1) is 14.6. The van der Waals surface area contributed by atoms with Gasteiger partial charge < -0.3 is 9.90 Å². The molecule has 0 aliphatic carbocycles. The third-order valence-electron chi connectivity index (χ3n) is 2.43. The molecule has 0 saturated heterocycles. The predicted octanol–water partition coefficient (Wildman–Crippen LogP) is 1.74. The zero-order valence-corrected chi connectivity index (χ0v) is 13.1. The van der Waals surface area contributed by atoms with Gasteiger partial charge in [0, 0.05) is 0 Å². The maximum Gasteiger partial charge on any atom is 3.00 e. The molecule has 0 aromatic heterocycles. The Morgan fingerprint density at radius 1 is 0.889 bits per heavy atom. The quantitative estimate of drug-likeness (QED) is 0.548. The number of carboxylic acids is 1. The van der Waals surface area contributed by atoms with Gasteiger partial charge in [-0.15, -0.1) is 0 Å². The van der Waals surface area contributed by atoms with E-state index in [9.17, 15) is 9.90 Å². The van der Waals surface area contributed by atoms with Crippen molar-refractivity contribution >= 4 is 38.2 Å². The summed E-state index contributed by atoms with van der Waals surface area (Å²) in [6.07, 6.45) is 2.54. The van der Waals surface area contributed by atoms with Crippen LogP contribution in [0.3, 0.4) is 0 Å². The maximum absolute atomic E-state index is 10.3. The minimum atomic E-state index is -1.18. The fourth-order valence-electron chi connectivity index (χ4n) is 1.58. The van der Waals surface area contributed by atoms with E-state index in [1.165, 1.54) is 6.08 Å². The first-order valence-corrected chi connectivity index (χ1v) is 5.30. The zero-order valence-electron chi connectivity index (χ0n) is 9.61. The Morgan fingerprint density at radius 2 is 1.44 bits per heavy atom. The van der Waals surface area contributed by atoms with Gasteiger partial charge in [0.2, 0.25) is 0 Å². The number of carboxylic acid groups (broad SMARTS) is 1. The molecule has 18 heavy (non-hydrogen) atoms. The van der Waals surface area contributed by atoms with Crippen molar-refractivity contribution in [2.24, 2.45) is 0 Å². The molecule has 0 heterocycles. The molecule has 3 heteroatoms. The molecular weight excluding hydrogens is 421 g/mol. The van der Waals surface area contributed by atoms with Crippen molar-refractivity contribution in [3.05, 3.63) is 66.2 Å². The molecule has 2 radical (unpaired) electrons. The summed E-state index contributed by atoms with van der Waals surface area (Å²) in [7, 11) is 0. The molecule has 0 N–H and O–H groups in total. The molecule has 0 atom stereocenters. The summed E-state index contributed by atoms with van der Waals surface area (Å²) < 4.78 is 0. The van der Waals surface area contributed by atoms with E-state index in [0.717, 1.165) is 22.8 Å². The fraction of sp³-hybridized carbons (Fsp3) is 0. The second-order valence-corrected chi connectivity index (χ2v) is 3.64. The van der Waals surface area contributed by atoms with E-state index in [-0.39, 0.29) is 26.2 Å². The van der Waals surface area contributed by atoms with Crippen LogP contribution in [-0.2, 0) is 4.79 Å². The topological polar surface area (TPSA) is 40.1 Å². The Balaban J connectivity index is 0.00000162. The van der Waals surface area contributed by atoms with Crippen LogP contribution in [0.5, 0.6) is 0 Å². The molecule has 0 amide bonds. The van der Waals surface area contributed by atoms with Crippen molar-refractivity contribution in [1.82, 2.24) is 0 Å². The zero-order chi connectivity index (χ0) is 12.1. The molecule has 2 nitrogen and oxygen atoms in total. The minimum Gasteiger partial charge on any atom is -0.545 e. The van der Waals surface area contributed by atoms with E-state index >= 15 is 0 Å². The Bertz CT molecular complexity index is 530. The monoisotopic (exact) mass is 432 g/mol. The first-order valence-electron chi connectivity index (χ1n) is 5.30. The summed E-state index contributed by atoms with van der Waals surface area (Å²) >= 11 is 0. The summed E-state index contributed by atoms with van der Waals surface area (Å²) in [5, 5.41) is 10.3. The van der Waals surface area contributed by atoms with Crippen LogP contribution in [0.4, 0.5) is 0 Å². The van der Waals surface area contributed by atoms with Gasteiger partial charge in [-0.25, -0.2) is 0 Å². The fourth-order valence-corrected chi connectivity index (χ4v) is 1.58. The summed E-state index contributed by atoms with van der Waals surface area (Å²) in [6.45, 7) is 0. The van der Waals surface area contributed by atoms with Crippen LogP contribution in [0, 0.1) is 0 Å². The van der Waals surface area contributed by atoms with Gasteiger partial charge in [-0.3, -0.25) is 0 Å². The third kappa shape index (κ3) is 4.08. The van der Waals surface area contributed by atoms with E-state index in [4.69, 9.17) is 0 Å². The number of benzene rings is 2. The van der Waals surface area contributed by atoms with Crippen LogP contribution in [0.2, 0.25) is 0 Å². The van der Waals surface area contributed by atoms with Crippen LogP contribution in [0.25, 0.3) is 17.2 Å². The number of carbonyl (C=O) groups excluding carboxylic acids is 1.